The summed E-state index contributed by atoms with van der Waals surface area (Å²) < 4.78 is 11.1. The Balaban J connectivity index is 2.24. The van der Waals surface area contributed by atoms with Crippen molar-refractivity contribution < 1.29 is 9.15 Å². The second-order valence-corrected chi connectivity index (χ2v) is 4.86. The first-order chi connectivity index (χ1) is 9.10. The first-order valence-electron chi connectivity index (χ1n) is 6.43. The number of hydrogen-bond acceptors (Lipinski definition) is 4. The highest BCUT2D eigenvalue weighted by Crippen LogP contribution is 2.31. The number of aryl methyl sites for hydroxylation is 1. The van der Waals surface area contributed by atoms with Crippen LogP contribution in [0.1, 0.15) is 25.3 Å². The topological polar surface area (TPSA) is 47.3 Å². The highest BCUT2D eigenvalue weighted by Gasteiger charge is 2.11. The van der Waals surface area contributed by atoms with Crippen molar-refractivity contribution in [3.05, 3.63) is 35.9 Å². The van der Waals surface area contributed by atoms with E-state index in [9.17, 15) is 0 Å². The second kappa shape index (κ2) is 5.89. The molecule has 0 fully saturated rings. The zero-order chi connectivity index (χ0) is 13.8. The average molecular weight is 260 g/mol. The van der Waals surface area contributed by atoms with Crippen LogP contribution in [0.25, 0.3) is 11.3 Å². The summed E-state index contributed by atoms with van der Waals surface area (Å²) in [6.45, 7) is 6.85. The molecule has 0 bridgehead atoms. The third kappa shape index (κ3) is 3.35. The predicted molar refractivity (Wildman–Crippen MR) is 75.2 cm³/mol. The summed E-state index contributed by atoms with van der Waals surface area (Å²) in [5.41, 5.74) is 2.10. The van der Waals surface area contributed by atoms with E-state index in [0.29, 0.717) is 18.5 Å². The molecule has 1 aromatic carbocycles. The third-order valence-corrected chi connectivity index (χ3v) is 2.84. The fourth-order valence-electron chi connectivity index (χ4n) is 1.82. The number of rotatable bonds is 5. The molecule has 1 aromatic heterocycles. The van der Waals surface area contributed by atoms with E-state index in [0.717, 1.165) is 22.6 Å². The summed E-state index contributed by atoms with van der Waals surface area (Å²) in [5, 5.41) is 3.28. The predicted octanol–water partition coefficient (Wildman–Crippen LogP) is 3.16. The highest BCUT2D eigenvalue weighted by atomic mass is 16.5. The van der Waals surface area contributed by atoms with E-state index in [1.165, 1.54) is 0 Å². The van der Waals surface area contributed by atoms with E-state index in [4.69, 9.17) is 9.15 Å². The maximum Gasteiger partial charge on any atom is 0.208 e. The van der Waals surface area contributed by atoms with Gasteiger partial charge in [0.05, 0.1) is 25.4 Å². The number of oxazole rings is 1. The summed E-state index contributed by atoms with van der Waals surface area (Å²) in [6.07, 6.45) is 1.74. The van der Waals surface area contributed by atoms with E-state index >= 15 is 0 Å². The number of nitrogens with zero attached hydrogens (tertiary/aromatic N) is 1. The second-order valence-electron chi connectivity index (χ2n) is 4.86. The quantitative estimate of drug-likeness (QED) is 0.897. The molecule has 0 amide bonds. The van der Waals surface area contributed by atoms with Gasteiger partial charge >= 0.3 is 0 Å². The van der Waals surface area contributed by atoms with Crippen LogP contribution in [-0.2, 0) is 6.54 Å². The zero-order valence-corrected chi connectivity index (χ0v) is 11.9. The van der Waals surface area contributed by atoms with Crippen molar-refractivity contribution in [2.45, 2.75) is 33.4 Å². The van der Waals surface area contributed by atoms with Crippen LogP contribution < -0.4 is 10.1 Å². The number of benzene rings is 1. The fraction of sp³-hybridized carbons (Fsp3) is 0.400. The van der Waals surface area contributed by atoms with Crippen LogP contribution in [0.3, 0.4) is 0 Å². The molecule has 0 radical (unpaired) electrons. The Morgan fingerprint density at radius 3 is 2.84 bits per heavy atom. The summed E-state index contributed by atoms with van der Waals surface area (Å²) >= 11 is 0. The van der Waals surface area contributed by atoms with E-state index in [1.807, 2.05) is 25.1 Å². The molecule has 0 unspecified atom stereocenters. The lowest BCUT2D eigenvalue weighted by Crippen LogP contribution is -2.21. The minimum Gasteiger partial charge on any atom is -0.496 e. The Morgan fingerprint density at radius 2 is 2.16 bits per heavy atom. The van der Waals surface area contributed by atoms with Crippen LogP contribution in [0.5, 0.6) is 5.75 Å². The highest BCUT2D eigenvalue weighted by molar-refractivity contribution is 5.66. The number of methoxy groups -OCH3 is 1. The van der Waals surface area contributed by atoms with Gasteiger partial charge in [0.15, 0.2) is 5.76 Å². The van der Waals surface area contributed by atoms with Crippen LogP contribution in [0.15, 0.2) is 28.8 Å². The molecule has 2 aromatic rings. The molecule has 0 saturated carbocycles. The average Bonchev–Trinajstić information content (AvgIpc) is 2.85. The number of nitrogens with one attached hydrogen (secondary N) is 1. The van der Waals surface area contributed by atoms with Crippen molar-refractivity contribution in [2.24, 2.45) is 0 Å². The van der Waals surface area contributed by atoms with E-state index in [1.54, 1.807) is 13.3 Å². The number of ether oxygens (including phenoxy) is 1. The molecular formula is C15H20N2O2. The first-order valence-corrected chi connectivity index (χ1v) is 6.43. The normalized spacial score (nSPS) is 11.0. The van der Waals surface area contributed by atoms with Gasteiger partial charge < -0.3 is 14.5 Å². The molecule has 0 aliphatic rings. The monoisotopic (exact) mass is 260 g/mol. The van der Waals surface area contributed by atoms with Crippen molar-refractivity contribution >= 4 is 0 Å². The van der Waals surface area contributed by atoms with Gasteiger partial charge in [0.1, 0.15) is 5.75 Å². The molecule has 4 nitrogen and oxygen atoms in total. The molecule has 0 saturated heterocycles. The molecule has 2 rings (SSSR count). The maximum absolute atomic E-state index is 5.76. The molecule has 0 spiro atoms. The number of hydrogen-bond donors (Lipinski definition) is 1. The minimum atomic E-state index is 0.406. The Hall–Kier alpha value is -1.81. The van der Waals surface area contributed by atoms with Crippen LogP contribution in [0.4, 0.5) is 0 Å². The smallest absolute Gasteiger partial charge is 0.208 e. The first kappa shape index (κ1) is 13.6. The lowest BCUT2D eigenvalue weighted by molar-refractivity contribution is 0.412. The van der Waals surface area contributed by atoms with Gasteiger partial charge in [-0.3, -0.25) is 0 Å². The van der Waals surface area contributed by atoms with Gasteiger partial charge in [0.25, 0.3) is 0 Å². The van der Waals surface area contributed by atoms with Gasteiger partial charge in [-0.25, -0.2) is 4.98 Å². The summed E-state index contributed by atoms with van der Waals surface area (Å²) in [7, 11) is 1.66. The van der Waals surface area contributed by atoms with Crippen LogP contribution in [0, 0.1) is 6.92 Å². The molecule has 1 heterocycles. The van der Waals surface area contributed by atoms with E-state index < -0.39 is 0 Å². The van der Waals surface area contributed by atoms with Crippen molar-refractivity contribution in [2.75, 3.05) is 7.11 Å². The lowest BCUT2D eigenvalue weighted by Gasteiger charge is -2.07. The minimum absolute atomic E-state index is 0.406. The Labute approximate surface area is 113 Å². The van der Waals surface area contributed by atoms with Gasteiger partial charge in [0.2, 0.25) is 5.89 Å². The van der Waals surface area contributed by atoms with Gasteiger partial charge in [-0.2, -0.15) is 0 Å². The molecule has 0 aliphatic carbocycles. The van der Waals surface area contributed by atoms with Crippen molar-refractivity contribution in [1.82, 2.24) is 10.3 Å². The Bertz CT molecular complexity index is 547. The Morgan fingerprint density at radius 1 is 1.37 bits per heavy atom. The third-order valence-electron chi connectivity index (χ3n) is 2.84. The van der Waals surface area contributed by atoms with Crippen molar-refractivity contribution in [3.63, 3.8) is 0 Å². The van der Waals surface area contributed by atoms with E-state index in [-0.39, 0.29) is 0 Å². The molecule has 0 aliphatic heterocycles. The van der Waals surface area contributed by atoms with Gasteiger partial charge in [-0.15, -0.1) is 0 Å². The molecule has 4 heteroatoms. The SMILES string of the molecule is COc1ccc(C)cc1-c1cnc(CNC(C)C)o1. The van der Waals surface area contributed by atoms with E-state index in [2.05, 4.69) is 24.1 Å². The van der Waals surface area contributed by atoms with Crippen LogP contribution in [-0.4, -0.2) is 18.1 Å². The van der Waals surface area contributed by atoms with Crippen molar-refractivity contribution in [1.29, 1.82) is 0 Å². The molecule has 0 atom stereocenters. The van der Waals surface area contributed by atoms with Crippen LogP contribution >= 0.6 is 0 Å². The number of aromatic nitrogens is 1. The largest absolute Gasteiger partial charge is 0.496 e. The molecule has 102 valence electrons. The molecule has 1 N–H and O–H groups in total. The van der Waals surface area contributed by atoms with Crippen molar-refractivity contribution in [3.8, 4) is 17.1 Å². The summed E-state index contributed by atoms with van der Waals surface area (Å²) in [5.74, 6) is 2.22. The van der Waals surface area contributed by atoms with Gasteiger partial charge in [-0.05, 0) is 19.1 Å². The standard InChI is InChI=1S/C15H20N2O2/c1-10(2)16-9-15-17-8-14(19-15)12-7-11(3)5-6-13(12)18-4/h5-8,10,16H,9H2,1-4H3. The zero-order valence-electron chi connectivity index (χ0n) is 11.9. The maximum atomic E-state index is 5.76. The van der Waals surface area contributed by atoms with Gasteiger partial charge in [-0.1, -0.05) is 25.5 Å². The Kier molecular flexibility index (Phi) is 4.22. The molecular weight excluding hydrogens is 240 g/mol. The molecule has 19 heavy (non-hydrogen) atoms. The summed E-state index contributed by atoms with van der Waals surface area (Å²) in [4.78, 5) is 4.28. The fourth-order valence-corrected chi connectivity index (χ4v) is 1.82. The van der Waals surface area contributed by atoms with Gasteiger partial charge in [0, 0.05) is 6.04 Å². The van der Waals surface area contributed by atoms with Crippen LogP contribution in [0.2, 0.25) is 0 Å². The lowest BCUT2D eigenvalue weighted by atomic mass is 10.1. The summed E-state index contributed by atoms with van der Waals surface area (Å²) in [6, 6.07) is 6.40.